The van der Waals surface area contributed by atoms with E-state index >= 15 is 0 Å². The third-order valence-electron chi connectivity index (χ3n) is 4.95. The van der Waals surface area contributed by atoms with E-state index in [0.717, 1.165) is 37.2 Å². The summed E-state index contributed by atoms with van der Waals surface area (Å²) in [5, 5.41) is 3.22. The van der Waals surface area contributed by atoms with Gasteiger partial charge in [0.05, 0.1) is 19.6 Å². The van der Waals surface area contributed by atoms with E-state index < -0.39 is 5.82 Å². The molecule has 1 saturated heterocycles. The van der Waals surface area contributed by atoms with Gasteiger partial charge in [0.2, 0.25) is 5.91 Å². The molecular weight excluding hydrogens is 367 g/mol. The maximum atomic E-state index is 13.9. The van der Waals surface area contributed by atoms with Crippen LogP contribution in [0.3, 0.4) is 0 Å². The molecule has 1 heterocycles. The summed E-state index contributed by atoms with van der Waals surface area (Å²) >= 11 is 6.03. The van der Waals surface area contributed by atoms with Gasteiger partial charge in [-0.3, -0.25) is 9.69 Å². The van der Waals surface area contributed by atoms with E-state index in [0.29, 0.717) is 6.54 Å². The van der Waals surface area contributed by atoms with Crippen LogP contribution in [0, 0.1) is 5.82 Å². The molecule has 2 aromatic rings. The zero-order chi connectivity index (χ0) is 19.2. The number of benzene rings is 2. The molecule has 0 radical (unpaired) electrons. The highest BCUT2D eigenvalue weighted by molar-refractivity contribution is 6.31. The van der Waals surface area contributed by atoms with E-state index in [1.165, 1.54) is 12.1 Å². The Kier molecular flexibility index (Phi) is 6.69. The van der Waals surface area contributed by atoms with Gasteiger partial charge in [-0.25, -0.2) is 4.39 Å². The molecule has 0 aromatic heterocycles. The number of carbonyl (C=O) groups is 1. The summed E-state index contributed by atoms with van der Waals surface area (Å²) < 4.78 is 19.3. The van der Waals surface area contributed by atoms with Gasteiger partial charge in [0.25, 0.3) is 0 Å². The molecule has 1 unspecified atom stereocenters. The largest absolute Gasteiger partial charge is 0.497 e. The monoisotopic (exact) mass is 390 g/mol. The fourth-order valence-electron chi connectivity index (χ4n) is 3.49. The second-order valence-corrected chi connectivity index (χ2v) is 7.12. The van der Waals surface area contributed by atoms with E-state index in [-0.39, 0.29) is 29.0 Å². The minimum Gasteiger partial charge on any atom is -0.497 e. The van der Waals surface area contributed by atoms with Crippen LogP contribution in [-0.2, 0) is 11.2 Å². The van der Waals surface area contributed by atoms with Crippen molar-refractivity contribution in [3.05, 3.63) is 64.4 Å². The predicted octanol–water partition coefficient (Wildman–Crippen LogP) is 3.98. The lowest BCUT2D eigenvalue weighted by atomic mass is 10.0. The first-order valence-electron chi connectivity index (χ1n) is 9.16. The van der Waals surface area contributed by atoms with Crippen LogP contribution in [0.2, 0.25) is 5.02 Å². The van der Waals surface area contributed by atoms with Crippen LogP contribution in [-0.4, -0.2) is 37.6 Å². The van der Waals surface area contributed by atoms with E-state index in [2.05, 4.69) is 10.2 Å². The van der Waals surface area contributed by atoms with Crippen molar-refractivity contribution in [3.8, 4) is 5.75 Å². The molecule has 6 heteroatoms. The smallest absolute Gasteiger partial charge is 0.224 e. The summed E-state index contributed by atoms with van der Waals surface area (Å²) in [6.45, 7) is 2.45. The lowest BCUT2D eigenvalue weighted by Gasteiger charge is -2.28. The Morgan fingerprint density at radius 2 is 2.00 bits per heavy atom. The lowest BCUT2D eigenvalue weighted by Crippen LogP contribution is -2.37. The van der Waals surface area contributed by atoms with Gasteiger partial charge in [0.1, 0.15) is 11.6 Å². The first-order chi connectivity index (χ1) is 13.1. The maximum Gasteiger partial charge on any atom is 0.224 e. The van der Waals surface area contributed by atoms with Gasteiger partial charge in [0.15, 0.2) is 0 Å². The number of nitrogens with one attached hydrogen (secondary N) is 1. The van der Waals surface area contributed by atoms with Crippen molar-refractivity contribution >= 4 is 17.5 Å². The van der Waals surface area contributed by atoms with Crippen LogP contribution in [0.5, 0.6) is 5.75 Å². The van der Waals surface area contributed by atoms with Crippen LogP contribution in [0.1, 0.15) is 30.0 Å². The van der Waals surface area contributed by atoms with Crippen LogP contribution in [0.15, 0.2) is 42.5 Å². The third kappa shape index (κ3) is 4.99. The van der Waals surface area contributed by atoms with Gasteiger partial charge in [-0.1, -0.05) is 29.8 Å². The molecule has 1 amide bonds. The normalized spacial score (nSPS) is 15.5. The van der Waals surface area contributed by atoms with Crippen molar-refractivity contribution in [2.75, 3.05) is 26.7 Å². The molecule has 0 spiro atoms. The molecule has 1 aliphatic heterocycles. The van der Waals surface area contributed by atoms with Crippen molar-refractivity contribution in [3.63, 3.8) is 0 Å². The van der Waals surface area contributed by atoms with Crippen LogP contribution < -0.4 is 10.1 Å². The van der Waals surface area contributed by atoms with Gasteiger partial charge in [0, 0.05) is 17.1 Å². The van der Waals surface area contributed by atoms with E-state index in [9.17, 15) is 9.18 Å². The fourth-order valence-corrected chi connectivity index (χ4v) is 3.72. The van der Waals surface area contributed by atoms with Gasteiger partial charge < -0.3 is 10.1 Å². The molecule has 144 valence electrons. The Morgan fingerprint density at radius 1 is 1.26 bits per heavy atom. The molecule has 3 rings (SSSR count). The highest BCUT2D eigenvalue weighted by atomic mass is 35.5. The molecule has 1 N–H and O–H groups in total. The molecule has 0 bridgehead atoms. The van der Waals surface area contributed by atoms with Gasteiger partial charge in [-0.2, -0.15) is 0 Å². The molecule has 2 aromatic carbocycles. The molecular formula is C21H24ClFN2O2. The molecule has 1 atom stereocenters. The molecule has 1 aliphatic rings. The van der Waals surface area contributed by atoms with Crippen LogP contribution in [0.25, 0.3) is 0 Å². The molecule has 4 nitrogen and oxygen atoms in total. The summed E-state index contributed by atoms with van der Waals surface area (Å²) in [5.74, 6) is 0.0943. The van der Waals surface area contributed by atoms with Gasteiger partial charge >= 0.3 is 0 Å². The van der Waals surface area contributed by atoms with E-state index in [4.69, 9.17) is 16.3 Å². The maximum absolute atomic E-state index is 13.9. The number of nitrogens with zero attached hydrogens (tertiary/aromatic N) is 1. The number of methoxy groups -OCH3 is 1. The van der Waals surface area contributed by atoms with Crippen molar-refractivity contribution in [2.45, 2.75) is 25.3 Å². The standard InChI is InChI=1S/C21H24ClFN2O2/c1-27-16-7-4-6-15(12-16)20(25-10-2-3-11-25)14-24-21(26)13-17-18(22)8-5-9-19(17)23/h4-9,12,20H,2-3,10-11,13-14H2,1H3,(H,24,26). The summed E-state index contributed by atoms with van der Waals surface area (Å²) in [6, 6.07) is 12.4. The number of likely N-dealkylation sites (tertiary alicyclic amines) is 1. The molecule has 0 aliphatic carbocycles. The Morgan fingerprint density at radius 3 is 2.70 bits per heavy atom. The number of ether oxygens (including phenoxy) is 1. The molecule has 1 fully saturated rings. The third-order valence-corrected chi connectivity index (χ3v) is 5.31. The first-order valence-corrected chi connectivity index (χ1v) is 9.54. The highest BCUT2D eigenvalue weighted by Gasteiger charge is 2.24. The Bertz CT molecular complexity index is 773. The second-order valence-electron chi connectivity index (χ2n) is 6.72. The van der Waals surface area contributed by atoms with Crippen molar-refractivity contribution in [2.24, 2.45) is 0 Å². The minimum atomic E-state index is -0.457. The Balaban J connectivity index is 1.70. The minimum absolute atomic E-state index is 0.0580. The van der Waals surface area contributed by atoms with Crippen LogP contribution >= 0.6 is 11.6 Å². The number of halogens is 2. The number of hydrogen-bond acceptors (Lipinski definition) is 3. The topological polar surface area (TPSA) is 41.6 Å². The zero-order valence-corrected chi connectivity index (χ0v) is 16.1. The number of amides is 1. The first kappa shape index (κ1) is 19.6. The molecule has 0 saturated carbocycles. The lowest BCUT2D eigenvalue weighted by molar-refractivity contribution is -0.120. The quantitative estimate of drug-likeness (QED) is 0.777. The van der Waals surface area contributed by atoms with E-state index in [1.54, 1.807) is 13.2 Å². The van der Waals surface area contributed by atoms with Crippen molar-refractivity contribution in [1.82, 2.24) is 10.2 Å². The summed E-state index contributed by atoms with van der Waals surface area (Å²) in [6.07, 6.45) is 2.23. The second kappa shape index (κ2) is 9.20. The summed E-state index contributed by atoms with van der Waals surface area (Å²) in [4.78, 5) is 14.8. The molecule has 27 heavy (non-hydrogen) atoms. The summed E-state index contributed by atoms with van der Waals surface area (Å²) in [7, 11) is 1.64. The highest BCUT2D eigenvalue weighted by Crippen LogP contribution is 2.27. The van der Waals surface area contributed by atoms with E-state index in [1.807, 2.05) is 24.3 Å². The van der Waals surface area contributed by atoms with Crippen molar-refractivity contribution in [1.29, 1.82) is 0 Å². The Labute approximate surface area is 164 Å². The van der Waals surface area contributed by atoms with Gasteiger partial charge in [-0.05, 0) is 55.8 Å². The SMILES string of the molecule is COc1cccc(C(CNC(=O)Cc2c(F)cccc2Cl)N2CCCC2)c1. The van der Waals surface area contributed by atoms with Gasteiger partial charge in [-0.15, -0.1) is 0 Å². The predicted molar refractivity (Wildman–Crippen MR) is 105 cm³/mol. The zero-order valence-electron chi connectivity index (χ0n) is 15.4. The average Bonchev–Trinajstić information content (AvgIpc) is 3.20. The summed E-state index contributed by atoms with van der Waals surface area (Å²) in [5.41, 5.74) is 1.33. The number of rotatable bonds is 7. The fraction of sp³-hybridized carbons (Fsp3) is 0.381. The average molecular weight is 391 g/mol. The number of hydrogen-bond donors (Lipinski definition) is 1. The van der Waals surface area contributed by atoms with Crippen LogP contribution in [0.4, 0.5) is 4.39 Å². The Hall–Kier alpha value is -2.11. The van der Waals surface area contributed by atoms with Crippen molar-refractivity contribution < 1.29 is 13.9 Å². The number of carbonyl (C=O) groups excluding carboxylic acids is 1.